The summed E-state index contributed by atoms with van der Waals surface area (Å²) in [5.41, 5.74) is 3.78. The van der Waals surface area contributed by atoms with E-state index in [-0.39, 0.29) is 12.5 Å². The maximum Gasteiger partial charge on any atom is 0.409 e. The van der Waals surface area contributed by atoms with Gasteiger partial charge in [-0.25, -0.2) is 9.78 Å². The van der Waals surface area contributed by atoms with Gasteiger partial charge in [0.1, 0.15) is 11.3 Å². The molecule has 3 aromatic carbocycles. The van der Waals surface area contributed by atoms with Gasteiger partial charge in [-0.2, -0.15) is 0 Å². The van der Waals surface area contributed by atoms with Gasteiger partial charge in [-0.3, -0.25) is 10.1 Å². The van der Waals surface area contributed by atoms with Crippen molar-refractivity contribution in [2.45, 2.75) is 6.92 Å². The molecule has 4 aromatic rings. The second-order valence-corrected chi connectivity index (χ2v) is 6.81. The van der Waals surface area contributed by atoms with Crippen LogP contribution in [0.2, 0.25) is 0 Å². The van der Waals surface area contributed by atoms with Gasteiger partial charge >= 0.3 is 6.09 Å². The van der Waals surface area contributed by atoms with Crippen molar-refractivity contribution in [2.24, 2.45) is 0 Å². The van der Waals surface area contributed by atoms with Crippen LogP contribution in [0.1, 0.15) is 5.56 Å². The highest BCUT2D eigenvalue weighted by molar-refractivity contribution is 5.92. The molecule has 8 heteroatoms. The Morgan fingerprint density at radius 1 is 1.00 bits per heavy atom. The summed E-state index contributed by atoms with van der Waals surface area (Å²) in [5, 5.41) is 13.9. The number of oxazole rings is 1. The molecule has 156 valence electrons. The second kappa shape index (κ2) is 8.58. The molecule has 1 aromatic heterocycles. The lowest BCUT2D eigenvalue weighted by molar-refractivity contribution is -0.118. The normalized spacial score (nSPS) is 10.6. The molecule has 0 spiro atoms. The average molecular weight is 417 g/mol. The Balaban J connectivity index is 1.41. The van der Waals surface area contributed by atoms with E-state index < -0.39 is 6.09 Å². The number of carbonyl (C=O) groups is 2. The van der Waals surface area contributed by atoms with Gasteiger partial charge in [-0.15, -0.1) is 0 Å². The van der Waals surface area contributed by atoms with Crippen molar-refractivity contribution in [1.82, 2.24) is 4.98 Å². The number of fused-ring (bicyclic) bond motifs is 1. The van der Waals surface area contributed by atoms with E-state index in [0.29, 0.717) is 34.1 Å². The smallest absolute Gasteiger partial charge is 0.409 e. The van der Waals surface area contributed by atoms with Crippen molar-refractivity contribution in [3.05, 3.63) is 72.3 Å². The lowest BCUT2D eigenvalue weighted by Crippen LogP contribution is -2.20. The van der Waals surface area contributed by atoms with Gasteiger partial charge < -0.3 is 19.6 Å². The molecule has 4 rings (SSSR count). The van der Waals surface area contributed by atoms with Gasteiger partial charge in [0.2, 0.25) is 5.89 Å². The third-order valence-electron chi connectivity index (χ3n) is 4.51. The Bertz CT molecular complexity index is 1250. The minimum Gasteiger partial charge on any atom is -0.483 e. The lowest BCUT2D eigenvalue weighted by atomic mass is 10.2. The number of aromatic nitrogens is 1. The predicted molar refractivity (Wildman–Crippen MR) is 116 cm³/mol. The molecule has 0 aliphatic carbocycles. The summed E-state index contributed by atoms with van der Waals surface area (Å²) >= 11 is 0. The Kier molecular flexibility index (Phi) is 5.53. The Labute approximate surface area is 177 Å². The zero-order valence-electron chi connectivity index (χ0n) is 16.6. The lowest BCUT2D eigenvalue weighted by Gasteiger charge is -2.09. The molecule has 1 heterocycles. The number of amides is 2. The molecule has 2 amide bonds. The fourth-order valence-corrected chi connectivity index (χ4v) is 3.01. The first-order valence-electron chi connectivity index (χ1n) is 9.47. The average Bonchev–Trinajstić information content (AvgIpc) is 3.16. The summed E-state index contributed by atoms with van der Waals surface area (Å²) in [6.45, 7) is 1.83. The van der Waals surface area contributed by atoms with E-state index in [1.165, 1.54) is 0 Å². The fraction of sp³-hybridized carbons (Fsp3) is 0.0870. The Morgan fingerprint density at radius 3 is 2.48 bits per heavy atom. The van der Waals surface area contributed by atoms with Crippen LogP contribution in [0.5, 0.6) is 5.75 Å². The summed E-state index contributed by atoms with van der Waals surface area (Å²) in [6.07, 6.45) is -1.15. The number of anilines is 2. The van der Waals surface area contributed by atoms with Crippen molar-refractivity contribution in [1.29, 1.82) is 0 Å². The molecule has 0 fully saturated rings. The molecule has 0 saturated carbocycles. The first kappa shape index (κ1) is 20.0. The summed E-state index contributed by atoms with van der Waals surface area (Å²) in [5.74, 6) is 0.797. The predicted octanol–water partition coefficient (Wildman–Crippen LogP) is 4.91. The molecule has 8 nitrogen and oxygen atoms in total. The topological polar surface area (TPSA) is 114 Å². The monoisotopic (exact) mass is 417 g/mol. The van der Waals surface area contributed by atoms with E-state index in [4.69, 9.17) is 14.3 Å². The van der Waals surface area contributed by atoms with Crippen molar-refractivity contribution < 1.29 is 23.8 Å². The summed E-state index contributed by atoms with van der Waals surface area (Å²) in [4.78, 5) is 27.3. The minimum absolute atomic E-state index is 0.0928. The molecule has 3 N–H and O–H groups in total. The van der Waals surface area contributed by atoms with Crippen LogP contribution in [-0.4, -0.2) is 28.7 Å². The summed E-state index contributed by atoms with van der Waals surface area (Å²) < 4.78 is 11.3. The SMILES string of the molecule is Cc1ccccc1OCC(=O)Nc1ccc(-c2nc3cc(NC(=O)O)ccc3o2)cc1. The van der Waals surface area contributed by atoms with Crippen LogP contribution in [0, 0.1) is 6.92 Å². The van der Waals surface area contributed by atoms with Crippen LogP contribution in [0.15, 0.2) is 71.1 Å². The van der Waals surface area contributed by atoms with E-state index in [0.717, 1.165) is 11.1 Å². The zero-order valence-corrected chi connectivity index (χ0v) is 16.6. The van der Waals surface area contributed by atoms with Crippen LogP contribution in [0.4, 0.5) is 16.2 Å². The molecule has 0 radical (unpaired) electrons. The zero-order chi connectivity index (χ0) is 21.8. The second-order valence-electron chi connectivity index (χ2n) is 6.81. The molecular formula is C23H19N3O5. The van der Waals surface area contributed by atoms with Gasteiger partial charge in [0.25, 0.3) is 5.91 Å². The van der Waals surface area contributed by atoms with Crippen molar-refractivity contribution >= 4 is 34.5 Å². The number of ether oxygens (including phenoxy) is 1. The summed E-state index contributed by atoms with van der Waals surface area (Å²) in [6, 6.07) is 19.4. The van der Waals surface area contributed by atoms with E-state index in [1.807, 2.05) is 31.2 Å². The molecule has 0 aliphatic heterocycles. The van der Waals surface area contributed by atoms with Gasteiger partial charge in [0.05, 0.1) is 0 Å². The van der Waals surface area contributed by atoms with Crippen LogP contribution in [-0.2, 0) is 4.79 Å². The minimum atomic E-state index is -1.15. The van der Waals surface area contributed by atoms with Crippen molar-refractivity contribution in [3.63, 3.8) is 0 Å². The molecule has 0 aliphatic rings. The Hall–Kier alpha value is -4.33. The number of aryl methyl sites for hydroxylation is 1. The highest BCUT2D eigenvalue weighted by Crippen LogP contribution is 2.27. The van der Waals surface area contributed by atoms with Crippen LogP contribution >= 0.6 is 0 Å². The highest BCUT2D eigenvalue weighted by atomic mass is 16.5. The first-order chi connectivity index (χ1) is 15.0. The molecule has 31 heavy (non-hydrogen) atoms. The van der Waals surface area contributed by atoms with E-state index >= 15 is 0 Å². The number of carbonyl (C=O) groups excluding carboxylic acids is 1. The maximum absolute atomic E-state index is 12.2. The van der Waals surface area contributed by atoms with E-state index in [9.17, 15) is 9.59 Å². The highest BCUT2D eigenvalue weighted by Gasteiger charge is 2.11. The number of rotatable bonds is 6. The molecule has 0 unspecified atom stereocenters. The molecular weight excluding hydrogens is 398 g/mol. The summed E-state index contributed by atoms with van der Waals surface area (Å²) in [7, 11) is 0. The molecule has 0 atom stereocenters. The van der Waals surface area contributed by atoms with Crippen molar-refractivity contribution in [3.8, 4) is 17.2 Å². The number of para-hydroxylation sites is 1. The van der Waals surface area contributed by atoms with Gasteiger partial charge in [-0.05, 0) is 61.0 Å². The van der Waals surface area contributed by atoms with Crippen LogP contribution in [0.3, 0.4) is 0 Å². The standard InChI is InChI=1S/C23H19N3O5/c1-14-4-2-3-5-19(14)30-13-21(27)24-16-8-6-15(7-9-16)22-26-18-12-17(25-23(28)29)10-11-20(18)31-22/h2-12,25H,13H2,1H3,(H,24,27)(H,28,29). The van der Waals surface area contributed by atoms with Crippen molar-refractivity contribution in [2.75, 3.05) is 17.2 Å². The molecule has 0 bridgehead atoms. The number of hydrogen-bond acceptors (Lipinski definition) is 5. The number of nitrogens with zero attached hydrogens (tertiary/aromatic N) is 1. The maximum atomic E-state index is 12.2. The molecule has 0 saturated heterocycles. The number of hydrogen-bond donors (Lipinski definition) is 3. The Morgan fingerprint density at radius 2 is 1.74 bits per heavy atom. The van der Waals surface area contributed by atoms with Gasteiger partial charge in [0, 0.05) is 16.9 Å². The third-order valence-corrected chi connectivity index (χ3v) is 4.51. The first-order valence-corrected chi connectivity index (χ1v) is 9.47. The van der Waals surface area contributed by atoms with E-state index in [2.05, 4.69) is 15.6 Å². The van der Waals surface area contributed by atoms with Gasteiger partial charge in [-0.1, -0.05) is 18.2 Å². The van der Waals surface area contributed by atoms with Crippen LogP contribution in [0.25, 0.3) is 22.6 Å². The fourth-order valence-electron chi connectivity index (χ4n) is 3.01. The number of benzene rings is 3. The van der Waals surface area contributed by atoms with Gasteiger partial charge in [0.15, 0.2) is 12.2 Å². The van der Waals surface area contributed by atoms with E-state index in [1.54, 1.807) is 42.5 Å². The number of carboxylic acid groups (broad SMARTS) is 1. The third kappa shape index (κ3) is 4.81. The van der Waals surface area contributed by atoms with Crippen LogP contribution < -0.4 is 15.4 Å². The number of nitrogens with one attached hydrogen (secondary N) is 2. The largest absolute Gasteiger partial charge is 0.483 e. The quantitative estimate of drug-likeness (QED) is 0.411.